The lowest BCUT2D eigenvalue weighted by atomic mass is 10.1. The SMILES string of the molecule is Cc1nnn(Cc2cc(Cl)ccc2/C=C/C(=O)N2CCN(c3ncccc3C#N)CC2)n1. The standard InChI is InChI=1S/C22H21ClN8O/c1-16-26-28-31(27-16)15-19-13-20(23)6-4-17(19)5-7-21(32)29-9-11-30(12-10-29)22-18(14-24)3-2-8-25-22/h2-8,13H,9-12,15H2,1H3/b7-5+. The zero-order valence-electron chi connectivity index (χ0n) is 17.5. The Labute approximate surface area is 190 Å². The average molecular weight is 449 g/mol. The van der Waals surface area contributed by atoms with Crippen molar-refractivity contribution in [1.82, 2.24) is 30.1 Å². The Hall–Kier alpha value is -3.77. The summed E-state index contributed by atoms with van der Waals surface area (Å²) in [6.07, 6.45) is 5.04. The number of benzene rings is 1. The first kappa shape index (κ1) is 21.5. The van der Waals surface area contributed by atoms with Gasteiger partial charge < -0.3 is 9.80 Å². The van der Waals surface area contributed by atoms with E-state index >= 15 is 0 Å². The first-order chi connectivity index (χ1) is 15.5. The molecular formula is C22H21ClN8O. The van der Waals surface area contributed by atoms with Crippen LogP contribution in [0.15, 0.2) is 42.6 Å². The van der Waals surface area contributed by atoms with Gasteiger partial charge in [-0.2, -0.15) is 10.1 Å². The lowest BCUT2D eigenvalue weighted by Gasteiger charge is -2.35. The van der Waals surface area contributed by atoms with E-state index in [2.05, 4.69) is 26.5 Å². The minimum atomic E-state index is -0.0678. The van der Waals surface area contributed by atoms with Gasteiger partial charge in [0.25, 0.3) is 0 Å². The molecule has 3 heterocycles. The number of halogens is 1. The van der Waals surface area contributed by atoms with Crippen molar-refractivity contribution >= 4 is 29.4 Å². The van der Waals surface area contributed by atoms with Crippen molar-refractivity contribution in [3.05, 3.63) is 70.1 Å². The van der Waals surface area contributed by atoms with Crippen molar-refractivity contribution in [1.29, 1.82) is 5.26 Å². The predicted molar refractivity (Wildman–Crippen MR) is 120 cm³/mol. The lowest BCUT2D eigenvalue weighted by molar-refractivity contribution is -0.126. The number of nitrogens with zero attached hydrogens (tertiary/aromatic N) is 8. The summed E-state index contributed by atoms with van der Waals surface area (Å²) in [5.74, 6) is 1.19. The van der Waals surface area contributed by atoms with Gasteiger partial charge in [0.1, 0.15) is 11.9 Å². The normalized spacial score (nSPS) is 14.0. The monoisotopic (exact) mass is 448 g/mol. The second kappa shape index (κ2) is 9.58. The van der Waals surface area contributed by atoms with Gasteiger partial charge in [-0.1, -0.05) is 17.7 Å². The van der Waals surface area contributed by atoms with Gasteiger partial charge in [-0.05, 0) is 53.6 Å². The van der Waals surface area contributed by atoms with E-state index in [9.17, 15) is 10.1 Å². The number of nitriles is 1. The molecule has 2 aromatic heterocycles. The molecule has 1 aliphatic heterocycles. The summed E-state index contributed by atoms with van der Waals surface area (Å²) < 4.78 is 0. The minimum Gasteiger partial charge on any atom is -0.352 e. The lowest BCUT2D eigenvalue weighted by Crippen LogP contribution is -2.48. The van der Waals surface area contributed by atoms with Gasteiger partial charge in [0.15, 0.2) is 5.82 Å². The molecule has 3 aromatic rings. The second-order valence-corrected chi connectivity index (χ2v) is 7.78. The maximum Gasteiger partial charge on any atom is 0.246 e. The van der Waals surface area contributed by atoms with Crippen molar-refractivity contribution in [3.63, 3.8) is 0 Å². The molecule has 10 heteroatoms. The van der Waals surface area contributed by atoms with E-state index in [0.717, 1.165) is 11.1 Å². The van der Waals surface area contributed by atoms with E-state index in [0.29, 0.717) is 55.0 Å². The summed E-state index contributed by atoms with van der Waals surface area (Å²) >= 11 is 6.16. The summed E-state index contributed by atoms with van der Waals surface area (Å²) in [4.78, 5) is 22.4. The molecule has 0 aliphatic carbocycles. The van der Waals surface area contributed by atoms with Crippen LogP contribution in [0.2, 0.25) is 5.02 Å². The number of piperazine rings is 1. The van der Waals surface area contributed by atoms with Crippen LogP contribution in [-0.4, -0.2) is 62.2 Å². The first-order valence-corrected chi connectivity index (χ1v) is 10.5. The van der Waals surface area contributed by atoms with Gasteiger partial charge in [-0.15, -0.1) is 10.2 Å². The fourth-order valence-corrected chi connectivity index (χ4v) is 3.75. The quantitative estimate of drug-likeness (QED) is 0.551. The van der Waals surface area contributed by atoms with Crippen molar-refractivity contribution in [2.75, 3.05) is 31.1 Å². The van der Waals surface area contributed by atoms with Crippen LogP contribution in [0.4, 0.5) is 5.82 Å². The fourth-order valence-electron chi connectivity index (χ4n) is 3.56. The molecule has 0 atom stereocenters. The predicted octanol–water partition coefficient (Wildman–Crippen LogP) is 2.31. The Kier molecular flexibility index (Phi) is 6.42. The highest BCUT2D eigenvalue weighted by Crippen LogP contribution is 2.20. The number of rotatable bonds is 5. The topological polar surface area (TPSA) is 104 Å². The third-order valence-electron chi connectivity index (χ3n) is 5.17. The van der Waals surface area contributed by atoms with Gasteiger partial charge in [-0.3, -0.25) is 4.79 Å². The molecule has 4 rings (SSSR count). The third kappa shape index (κ3) is 4.92. The summed E-state index contributed by atoms with van der Waals surface area (Å²) in [6.45, 7) is 4.53. The van der Waals surface area contributed by atoms with Gasteiger partial charge in [0, 0.05) is 43.5 Å². The first-order valence-electron chi connectivity index (χ1n) is 10.1. The van der Waals surface area contributed by atoms with Crippen molar-refractivity contribution in [2.24, 2.45) is 0 Å². The Morgan fingerprint density at radius 1 is 1.25 bits per heavy atom. The molecule has 32 heavy (non-hydrogen) atoms. The van der Waals surface area contributed by atoms with Gasteiger partial charge in [0.2, 0.25) is 5.91 Å². The molecule has 0 N–H and O–H groups in total. The van der Waals surface area contributed by atoms with Crippen molar-refractivity contribution < 1.29 is 4.79 Å². The Morgan fingerprint density at radius 3 is 2.78 bits per heavy atom. The number of aromatic nitrogens is 5. The molecule has 162 valence electrons. The van der Waals surface area contributed by atoms with E-state index in [-0.39, 0.29) is 5.91 Å². The van der Waals surface area contributed by atoms with Gasteiger partial charge in [0.05, 0.1) is 12.1 Å². The highest BCUT2D eigenvalue weighted by atomic mass is 35.5. The largest absolute Gasteiger partial charge is 0.352 e. The van der Waals surface area contributed by atoms with Crippen LogP contribution in [0.5, 0.6) is 0 Å². The Morgan fingerprint density at radius 2 is 2.06 bits per heavy atom. The number of carbonyl (C=O) groups is 1. The Balaban J connectivity index is 1.41. The highest BCUT2D eigenvalue weighted by Gasteiger charge is 2.22. The summed E-state index contributed by atoms with van der Waals surface area (Å²) in [7, 11) is 0. The van der Waals surface area contributed by atoms with Crippen molar-refractivity contribution in [2.45, 2.75) is 13.5 Å². The molecule has 1 aliphatic rings. The van der Waals surface area contributed by atoms with E-state index < -0.39 is 0 Å². The van der Waals surface area contributed by atoms with Gasteiger partial charge >= 0.3 is 0 Å². The number of tetrazole rings is 1. The number of hydrogen-bond donors (Lipinski definition) is 0. The smallest absolute Gasteiger partial charge is 0.246 e. The van der Waals surface area contributed by atoms with Crippen LogP contribution in [-0.2, 0) is 11.3 Å². The van der Waals surface area contributed by atoms with Crippen LogP contribution >= 0.6 is 11.6 Å². The number of pyridine rings is 1. The molecule has 9 nitrogen and oxygen atoms in total. The molecule has 0 spiro atoms. The molecule has 0 saturated carbocycles. The van der Waals surface area contributed by atoms with E-state index in [1.807, 2.05) is 17.0 Å². The molecule has 1 fully saturated rings. The maximum atomic E-state index is 12.8. The fraction of sp³-hybridized carbons (Fsp3) is 0.273. The summed E-state index contributed by atoms with van der Waals surface area (Å²) in [6, 6.07) is 11.2. The number of anilines is 1. The molecule has 0 unspecified atom stereocenters. The van der Waals surface area contributed by atoms with E-state index in [1.54, 1.807) is 48.4 Å². The maximum absolute atomic E-state index is 12.8. The van der Waals surface area contributed by atoms with Crippen LogP contribution in [0.3, 0.4) is 0 Å². The molecular weight excluding hydrogens is 428 g/mol. The average Bonchev–Trinajstić information content (AvgIpc) is 3.23. The number of carbonyl (C=O) groups excluding carboxylic acids is 1. The zero-order chi connectivity index (χ0) is 22.5. The highest BCUT2D eigenvalue weighted by molar-refractivity contribution is 6.30. The number of hydrogen-bond acceptors (Lipinski definition) is 7. The van der Waals surface area contributed by atoms with E-state index in [4.69, 9.17) is 11.6 Å². The van der Waals surface area contributed by atoms with Gasteiger partial charge in [-0.25, -0.2) is 4.98 Å². The minimum absolute atomic E-state index is 0.0678. The second-order valence-electron chi connectivity index (χ2n) is 7.34. The molecule has 1 saturated heterocycles. The molecule has 0 bridgehead atoms. The van der Waals surface area contributed by atoms with Crippen LogP contribution in [0, 0.1) is 18.3 Å². The van der Waals surface area contributed by atoms with Crippen LogP contribution in [0.25, 0.3) is 6.08 Å². The number of amides is 1. The molecule has 1 amide bonds. The van der Waals surface area contributed by atoms with E-state index in [1.165, 1.54) is 4.80 Å². The summed E-state index contributed by atoms with van der Waals surface area (Å²) in [5, 5.41) is 22.0. The van der Waals surface area contributed by atoms with Crippen LogP contribution in [0.1, 0.15) is 22.5 Å². The third-order valence-corrected chi connectivity index (χ3v) is 5.41. The Bertz CT molecular complexity index is 1190. The van der Waals surface area contributed by atoms with Crippen molar-refractivity contribution in [3.8, 4) is 6.07 Å². The molecule has 0 radical (unpaired) electrons. The zero-order valence-corrected chi connectivity index (χ0v) is 18.3. The molecule has 1 aromatic carbocycles. The van der Waals surface area contributed by atoms with Crippen LogP contribution < -0.4 is 4.90 Å². The summed E-state index contributed by atoms with van der Waals surface area (Å²) in [5.41, 5.74) is 2.30. The number of aryl methyl sites for hydroxylation is 1.